The van der Waals surface area contributed by atoms with Crippen molar-refractivity contribution >= 4 is 54.7 Å². The lowest BCUT2D eigenvalue weighted by molar-refractivity contribution is 0.504. The van der Waals surface area contributed by atoms with Crippen LogP contribution in [0, 0.1) is 152 Å². The molecule has 5 aromatic carbocycles. The summed E-state index contributed by atoms with van der Waals surface area (Å²) in [6, 6.07) is 56.7. The predicted octanol–water partition coefficient (Wildman–Crippen LogP) is 35.3. The summed E-state index contributed by atoms with van der Waals surface area (Å²) >= 11 is 1.84. The Labute approximate surface area is 775 Å². The Morgan fingerprint density at radius 1 is 0.222 bits per heavy atom. The van der Waals surface area contributed by atoms with Gasteiger partial charge >= 0.3 is 0 Å². The van der Waals surface area contributed by atoms with Crippen molar-refractivity contribution in [3.8, 4) is 0 Å². The second-order valence-corrected chi connectivity index (χ2v) is 26.8. The lowest BCUT2D eigenvalue weighted by Gasteiger charge is -2.06. The Hall–Kier alpha value is -10.9. The monoisotopic (exact) mass is 1730 g/mol. The Morgan fingerprint density at radius 2 is 0.643 bits per heavy atom. The van der Waals surface area contributed by atoms with Crippen LogP contribution in [0.2, 0.25) is 0 Å². The van der Waals surface area contributed by atoms with Gasteiger partial charge in [-0.25, -0.2) is 9.97 Å². The minimum atomic E-state index is 0.829. The fourth-order valence-electron chi connectivity index (χ4n) is 9.88. The van der Waals surface area contributed by atoms with E-state index in [4.69, 9.17) is 4.42 Å². The van der Waals surface area contributed by atoms with E-state index < -0.39 is 0 Å². The maximum absolute atomic E-state index is 5.08. The first-order chi connectivity index (χ1) is 60.6. The van der Waals surface area contributed by atoms with E-state index in [0.29, 0.717) is 0 Å². The van der Waals surface area contributed by atoms with Gasteiger partial charge in [0.2, 0.25) is 0 Å². The molecule has 13 heteroatoms. The zero-order valence-electron chi connectivity index (χ0n) is 88.1. The number of aromatic nitrogens is 11. The third-order valence-electron chi connectivity index (χ3n) is 15.0. The van der Waals surface area contributed by atoms with Crippen LogP contribution in [-0.4, -0.2) is 54.8 Å². The number of pyridine rings is 5. The average molecular weight is 1740 g/mol. The molecule has 12 nitrogen and oxygen atoms in total. The summed E-state index contributed by atoms with van der Waals surface area (Å²) in [5, 5.41) is 7.92. The SMILES string of the molecule is CC.CC.CC.CC.CC.CC.CC.CC.CC.CC.CC.CC.Cc1cc(C)c2ccccc2n1.Cc1ccc(C)c2ncccc12.Cc1ccc(C)nc1.Cc1ccc(C)o1.Cc1ccc(C)s1.Cc1ccc2ccc3c(C)cccc3c2c1.Cc1cccc(C)n1.Cc1cnc(C)cn1.Cc1cnc(C)nc1.Cc1cncc(C)c1.Cc1cncc(C)n1. The van der Waals surface area contributed by atoms with Gasteiger partial charge in [0.25, 0.3) is 0 Å². The summed E-state index contributed by atoms with van der Waals surface area (Å²) in [6.07, 6.45) is 18.0. The van der Waals surface area contributed by atoms with Crippen LogP contribution in [-0.2, 0) is 0 Å². The number of furan rings is 1. The molecule has 0 bridgehead atoms. The van der Waals surface area contributed by atoms with Gasteiger partial charge in [0.05, 0.1) is 33.8 Å². The van der Waals surface area contributed by atoms with Crippen molar-refractivity contribution in [2.75, 3.05) is 0 Å². The molecule has 0 amide bonds. The van der Waals surface area contributed by atoms with Crippen LogP contribution in [0.5, 0.6) is 0 Å². The second-order valence-electron chi connectivity index (χ2n) is 25.3. The summed E-state index contributed by atoms with van der Waals surface area (Å²) in [5.41, 5.74) is 21.7. The van der Waals surface area contributed by atoms with E-state index in [0.717, 1.165) is 79.5 Å². The molecule has 15 aromatic rings. The number of nitrogens with zero attached hydrogens (tertiary/aromatic N) is 11. The van der Waals surface area contributed by atoms with Crippen molar-refractivity contribution in [1.82, 2.24) is 54.8 Å². The third-order valence-corrected chi connectivity index (χ3v) is 16.0. The van der Waals surface area contributed by atoms with Gasteiger partial charge < -0.3 is 4.42 Å². The lowest BCUT2D eigenvalue weighted by atomic mass is 9.98. The number of benzene rings is 5. The van der Waals surface area contributed by atoms with Gasteiger partial charge in [0.1, 0.15) is 17.3 Å². The van der Waals surface area contributed by atoms with Crippen molar-refractivity contribution in [3.63, 3.8) is 0 Å². The highest BCUT2D eigenvalue weighted by Gasteiger charge is 2.04. The number of fused-ring (bicyclic) bond motifs is 5. The minimum Gasteiger partial charge on any atom is -0.467 e. The highest BCUT2D eigenvalue weighted by molar-refractivity contribution is 7.11. The number of hydrogen-bond donors (Lipinski definition) is 0. The molecule has 0 spiro atoms. The third kappa shape index (κ3) is 63.1. The van der Waals surface area contributed by atoms with Crippen LogP contribution >= 0.6 is 11.3 Å². The molecule has 0 aliphatic rings. The van der Waals surface area contributed by atoms with Gasteiger partial charge in [0.15, 0.2) is 0 Å². The Bertz CT molecular complexity index is 4540. The summed E-state index contributed by atoms with van der Waals surface area (Å²) in [7, 11) is 0. The molecule has 0 N–H and O–H groups in total. The number of rotatable bonds is 0. The van der Waals surface area contributed by atoms with E-state index >= 15 is 0 Å². The van der Waals surface area contributed by atoms with Crippen molar-refractivity contribution in [1.29, 1.82) is 0 Å². The molecule has 0 saturated heterocycles. The van der Waals surface area contributed by atoms with Gasteiger partial charge in [-0.3, -0.25) is 44.9 Å². The minimum absolute atomic E-state index is 0.829. The molecular weight excluding hydrogens is 1560 g/mol. The molecule has 0 radical (unpaired) electrons. The maximum Gasteiger partial charge on any atom is 0.125 e. The average Bonchev–Trinajstić information content (AvgIpc) is 0.903. The smallest absolute Gasteiger partial charge is 0.125 e. The van der Waals surface area contributed by atoms with Crippen molar-refractivity contribution < 1.29 is 4.42 Å². The van der Waals surface area contributed by atoms with E-state index in [9.17, 15) is 0 Å². The molecule has 10 heterocycles. The van der Waals surface area contributed by atoms with Gasteiger partial charge in [-0.2, -0.15) is 0 Å². The first-order valence-electron chi connectivity index (χ1n) is 46.1. The summed E-state index contributed by atoms with van der Waals surface area (Å²) in [4.78, 5) is 47.8. The summed E-state index contributed by atoms with van der Waals surface area (Å²) in [5.74, 6) is 2.80. The Balaban J connectivity index is -0.000000199. The standard InChI is InChI=1S/C16H14.2C11H11N.3C7H9N.3C6H8N2.C6H8O.C6H8S.12C2H6/c1-11-6-7-13-8-9-14-12(2)4-3-5-15(14)16(13)10-11;1-8-5-6-9(2)11-10(8)4-3-7-12-11;1-8-7-9(2)12-11-6-4-3-5-10(8)11;1-6-3-7(2)5-8-4-6;1-6-3-4-7(2)8-5-6;1-6-4-3-5-7(2)8-6;1-5-3-8-6(2)4-7-5;1-5-3-7-4-6(2)8-5;1-5-3-7-6(2)8-4-5;2*1-5-3-4-6(2)7-5;12*1-2/h3-10H,1-2H3;2*3-7H,1-2H3;3*3-5H,1-2H3;3*3-4H,1-2H3;2*3-4H,1-2H3;12*1-2H3. The van der Waals surface area contributed by atoms with E-state index in [1.165, 1.54) is 86.6 Å². The largest absolute Gasteiger partial charge is 0.467 e. The van der Waals surface area contributed by atoms with Crippen LogP contribution in [0.3, 0.4) is 0 Å². The molecule has 0 atom stereocenters. The Morgan fingerprint density at radius 3 is 1.03 bits per heavy atom. The second kappa shape index (κ2) is 87.6. The predicted molar refractivity (Wildman–Crippen MR) is 567 cm³/mol. The molecule has 0 saturated carbocycles. The number of aryl methyl sites for hydroxylation is 22. The van der Waals surface area contributed by atoms with Gasteiger partial charge in [-0.1, -0.05) is 275 Å². The molecule has 126 heavy (non-hydrogen) atoms. The number of hydrogen-bond acceptors (Lipinski definition) is 13. The van der Waals surface area contributed by atoms with Crippen LogP contribution in [0.4, 0.5) is 0 Å². The zero-order chi connectivity index (χ0) is 98.7. The van der Waals surface area contributed by atoms with Crippen molar-refractivity contribution in [2.24, 2.45) is 0 Å². The van der Waals surface area contributed by atoms with Crippen LogP contribution < -0.4 is 0 Å². The van der Waals surface area contributed by atoms with Crippen LogP contribution in [0.1, 0.15) is 289 Å². The normalized spacial score (nSPS) is 8.56. The quantitative estimate of drug-likeness (QED) is 0.133. The number of thiophene rings is 1. The molecular formula is C113H175N11OS. The topological polar surface area (TPSA) is 155 Å². The van der Waals surface area contributed by atoms with Crippen molar-refractivity contribution in [2.45, 2.75) is 318 Å². The fraction of sp³-hybridized carbons (Fsp3) is 0.407. The molecule has 0 unspecified atom stereocenters. The molecule has 0 aliphatic heterocycles. The van der Waals surface area contributed by atoms with Gasteiger partial charge in [-0.05, 0) is 279 Å². The van der Waals surface area contributed by atoms with E-state index in [2.05, 4.69) is 212 Å². The molecule has 10 aromatic heterocycles. The zero-order valence-corrected chi connectivity index (χ0v) is 88.9. The van der Waals surface area contributed by atoms with E-state index in [1.54, 1.807) is 24.8 Å². The fourth-order valence-corrected chi connectivity index (χ4v) is 10.7. The Kier molecular flexibility index (Phi) is 90.8. The molecule has 0 aliphatic carbocycles. The molecule has 0 fully saturated rings. The van der Waals surface area contributed by atoms with Gasteiger partial charge in [0, 0.05) is 105 Å². The highest BCUT2D eigenvalue weighted by Crippen LogP contribution is 2.28. The number of para-hydroxylation sites is 1. The van der Waals surface area contributed by atoms with Crippen LogP contribution in [0.25, 0.3) is 43.4 Å². The summed E-state index contributed by atoms with van der Waals surface area (Å²) < 4.78 is 5.08. The molecule has 694 valence electrons. The first kappa shape index (κ1) is 131. The van der Waals surface area contributed by atoms with Gasteiger partial charge in [-0.15, -0.1) is 11.3 Å². The highest BCUT2D eigenvalue weighted by atomic mass is 32.1. The summed E-state index contributed by atoms with van der Waals surface area (Å²) in [6.45, 7) is 92.4. The first-order valence-corrected chi connectivity index (χ1v) is 47.0. The van der Waals surface area contributed by atoms with E-state index in [1.807, 2.05) is 373 Å². The van der Waals surface area contributed by atoms with Crippen LogP contribution in [0.15, 0.2) is 230 Å². The lowest BCUT2D eigenvalue weighted by Crippen LogP contribution is -1.85. The van der Waals surface area contributed by atoms with E-state index in [-0.39, 0.29) is 0 Å². The molecule has 15 rings (SSSR count). The maximum atomic E-state index is 5.08. The van der Waals surface area contributed by atoms with Crippen molar-refractivity contribution in [3.05, 3.63) is 348 Å².